The van der Waals surface area contributed by atoms with Crippen molar-refractivity contribution in [2.24, 2.45) is 4.99 Å². The minimum atomic E-state index is 0. The van der Waals surface area contributed by atoms with E-state index in [1.54, 1.807) is 7.11 Å². The Morgan fingerprint density at radius 1 is 1.10 bits per heavy atom. The van der Waals surface area contributed by atoms with Gasteiger partial charge in [0.2, 0.25) is 5.88 Å². The van der Waals surface area contributed by atoms with Crippen LogP contribution in [0.3, 0.4) is 0 Å². The average Bonchev–Trinajstić information content (AvgIpc) is 3.53. The normalized spacial score (nSPS) is 14.6. The summed E-state index contributed by atoms with van der Waals surface area (Å²) in [5.74, 6) is 1.44. The fraction of sp³-hybridized carbons (Fsp3) is 0.455. The number of nitrogens with one attached hydrogen (secondary N) is 2. The molecule has 2 N–H and O–H groups in total. The maximum atomic E-state index is 5.49. The summed E-state index contributed by atoms with van der Waals surface area (Å²) in [7, 11) is 1.65. The van der Waals surface area contributed by atoms with Gasteiger partial charge in [-0.25, -0.2) is 9.98 Å². The highest BCUT2D eigenvalue weighted by molar-refractivity contribution is 14.0. The van der Waals surface area contributed by atoms with Crippen molar-refractivity contribution in [3.8, 4) is 5.88 Å². The van der Waals surface area contributed by atoms with Gasteiger partial charge in [0.1, 0.15) is 6.61 Å². The molecule has 1 aliphatic carbocycles. The maximum absolute atomic E-state index is 5.49. The van der Waals surface area contributed by atoms with E-state index in [1.807, 2.05) is 18.3 Å². The first-order valence-corrected chi connectivity index (χ1v) is 9.90. The molecule has 0 bridgehead atoms. The molecule has 0 spiro atoms. The van der Waals surface area contributed by atoms with Crippen LogP contribution < -0.4 is 15.4 Å². The smallest absolute Gasteiger partial charge is 0.213 e. The van der Waals surface area contributed by atoms with Crippen molar-refractivity contribution in [2.45, 2.75) is 31.7 Å². The minimum absolute atomic E-state index is 0. The van der Waals surface area contributed by atoms with Crippen LogP contribution in [-0.2, 0) is 16.7 Å². The van der Waals surface area contributed by atoms with Crippen LogP contribution in [0.2, 0.25) is 0 Å². The van der Waals surface area contributed by atoms with E-state index in [-0.39, 0.29) is 29.4 Å². The van der Waals surface area contributed by atoms with Crippen LogP contribution in [0.1, 0.15) is 30.9 Å². The van der Waals surface area contributed by atoms with E-state index in [4.69, 9.17) is 14.5 Å². The van der Waals surface area contributed by atoms with Gasteiger partial charge in [-0.1, -0.05) is 36.4 Å². The Balaban J connectivity index is 0.00000300. The number of hydrogen-bond donors (Lipinski definition) is 2. The van der Waals surface area contributed by atoms with Gasteiger partial charge in [0.15, 0.2) is 5.96 Å². The van der Waals surface area contributed by atoms with Gasteiger partial charge in [0.25, 0.3) is 0 Å². The molecule has 6 nitrogen and oxygen atoms in total. The molecule has 0 unspecified atom stereocenters. The van der Waals surface area contributed by atoms with Gasteiger partial charge in [-0.15, -0.1) is 24.0 Å². The lowest BCUT2D eigenvalue weighted by Gasteiger charge is -2.19. The van der Waals surface area contributed by atoms with Gasteiger partial charge in [0.05, 0.1) is 13.2 Å². The number of hydrogen-bond acceptors (Lipinski definition) is 4. The van der Waals surface area contributed by atoms with Crippen LogP contribution in [0.25, 0.3) is 0 Å². The number of aliphatic imine (C=N–C) groups is 1. The van der Waals surface area contributed by atoms with Gasteiger partial charge >= 0.3 is 0 Å². The van der Waals surface area contributed by atoms with Crippen molar-refractivity contribution < 1.29 is 9.47 Å². The van der Waals surface area contributed by atoms with Crippen LogP contribution in [0, 0.1) is 0 Å². The first-order valence-electron chi connectivity index (χ1n) is 9.90. The van der Waals surface area contributed by atoms with Gasteiger partial charge in [-0.3, -0.25) is 0 Å². The monoisotopic (exact) mass is 510 g/mol. The van der Waals surface area contributed by atoms with Crippen molar-refractivity contribution in [2.75, 3.05) is 33.4 Å². The summed E-state index contributed by atoms with van der Waals surface area (Å²) in [6.45, 7) is 5.42. The average molecular weight is 510 g/mol. The molecule has 7 heteroatoms. The molecular formula is C22H31IN4O2. The number of nitrogens with zero attached hydrogens (tertiary/aromatic N) is 2. The van der Waals surface area contributed by atoms with E-state index < -0.39 is 0 Å². The van der Waals surface area contributed by atoms with E-state index in [1.165, 1.54) is 18.4 Å². The third-order valence-corrected chi connectivity index (χ3v) is 4.93. The fourth-order valence-electron chi connectivity index (χ4n) is 3.09. The standard InChI is InChI=1S/C22H30N4O2.HI/c1-3-23-21(26-17-22(11-12-22)19-7-5-4-6-8-19)25-16-18-9-10-20(24-15-18)28-14-13-27-2;/h4-10,15H,3,11-14,16-17H2,1-2H3,(H2,23,25,26);1H. The third-order valence-electron chi connectivity index (χ3n) is 4.93. The van der Waals surface area contributed by atoms with E-state index in [2.05, 4.69) is 52.9 Å². The van der Waals surface area contributed by atoms with Crippen LogP contribution in [0.4, 0.5) is 0 Å². The van der Waals surface area contributed by atoms with Gasteiger partial charge in [-0.05, 0) is 30.9 Å². The molecule has 1 aliphatic rings. The van der Waals surface area contributed by atoms with Gasteiger partial charge in [0, 0.05) is 37.9 Å². The largest absolute Gasteiger partial charge is 0.475 e. The SMILES string of the molecule is CCNC(=NCc1ccc(OCCOC)nc1)NCC1(c2ccccc2)CC1.I. The lowest BCUT2D eigenvalue weighted by molar-refractivity contribution is 0.143. The second-order valence-electron chi connectivity index (χ2n) is 7.04. The number of halogens is 1. The second-order valence-corrected chi connectivity index (χ2v) is 7.04. The zero-order valence-electron chi connectivity index (χ0n) is 17.2. The Morgan fingerprint density at radius 2 is 1.90 bits per heavy atom. The van der Waals surface area contributed by atoms with Crippen molar-refractivity contribution in [3.63, 3.8) is 0 Å². The number of guanidine groups is 1. The lowest BCUT2D eigenvalue weighted by atomic mass is 9.96. The first kappa shape index (κ1) is 23.4. The van der Waals surface area contributed by atoms with Gasteiger partial charge in [-0.2, -0.15) is 0 Å². The predicted octanol–water partition coefficient (Wildman–Crippen LogP) is 3.51. The van der Waals surface area contributed by atoms with E-state index >= 15 is 0 Å². The second kappa shape index (κ2) is 12.0. The zero-order valence-corrected chi connectivity index (χ0v) is 19.5. The molecule has 0 amide bonds. The van der Waals surface area contributed by atoms with Gasteiger partial charge < -0.3 is 20.1 Å². The number of pyridine rings is 1. The zero-order chi connectivity index (χ0) is 19.7. The quantitative estimate of drug-likeness (QED) is 0.222. The molecule has 0 saturated heterocycles. The predicted molar refractivity (Wildman–Crippen MR) is 127 cm³/mol. The number of methoxy groups -OCH3 is 1. The molecule has 1 aromatic carbocycles. The summed E-state index contributed by atoms with van der Waals surface area (Å²) < 4.78 is 10.5. The van der Waals surface area contributed by atoms with Crippen molar-refractivity contribution in [3.05, 3.63) is 59.8 Å². The highest BCUT2D eigenvalue weighted by atomic mass is 127. The Hall–Kier alpha value is -1.87. The summed E-state index contributed by atoms with van der Waals surface area (Å²) in [4.78, 5) is 9.03. The highest BCUT2D eigenvalue weighted by Gasteiger charge is 2.43. The van der Waals surface area contributed by atoms with Crippen LogP contribution in [0.5, 0.6) is 5.88 Å². The van der Waals surface area contributed by atoms with E-state index in [9.17, 15) is 0 Å². The maximum Gasteiger partial charge on any atom is 0.213 e. The Morgan fingerprint density at radius 3 is 2.52 bits per heavy atom. The molecule has 29 heavy (non-hydrogen) atoms. The van der Waals surface area contributed by atoms with Crippen molar-refractivity contribution in [1.29, 1.82) is 0 Å². The number of aromatic nitrogens is 1. The summed E-state index contributed by atoms with van der Waals surface area (Å²) in [6, 6.07) is 14.6. The summed E-state index contributed by atoms with van der Waals surface area (Å²) in [6.07, 6.45) is 4.25. The van der Waals surface area contributed by atoms with E-state index in [0.717, 1.165) is 24.6 Å². The van der Waals surface area contributed by atoms with Crippen LogP contribution in [-0.4, -0.2) is 44.4 Å². The molecule has 0 radical (unpaired) electrons. The number of benzene rings is 1. The molecule has 1 saturated carbocycles. The molecule has 3 rings (SSSR count). The molecule has 1 fully saturated rings. The molecule has 0 aliphatic heterocycles. The summed E-state index contributed by atoms with van der Waals surface area (Å²) >= 11 is 0. The van der Waals surface area contributed by atoms with Crippen molar-refractivity contribution in [1.82, 2.24) is 15.6 Å². The first-order chi connectivity index (χ1) is 13.8. The van der Waals surface area contributed by atoms with E-state index in [0.29, 0.717) is 25.6 Å². The molecule has 1 heterocycles. The number of rotatable bonds is 10. The molecule has 2 aromatic rings. The topological polar surface area (TPSA) is 67.8 Å². The Labute approximate surface area is 190 Å². The highest BCUT2D eigenvalue weighted by Crippen LogP contribution is 2.47. The molecule has 158 valence electrons. The fourth-order valence-corrected chi connectivity index (χ4v) is 3.09. The van der Waals surface area contributed by atoms with Crippen molar-refractivity contribution >= 4 is 29.9 Å². The number of ether oxygens (including phenoxy) is 2. The minimum Gasteiger partial charge on any atom is -0.475 e. The molecule has 0 atom stereocenters. The third kappa shape index (κ3) is 7.15. The van der Waals surface area contributed by atoms with Crippen LogP contribution in [0.15, 0.2) is 53.7 Å². The summed E-state index contributed by atoms with van der Waals surface area (Å²) in [5, 5.41) is 6.85. The molecular weight excluding hydrogens is 479 g/mol. The summed E-state index contributed by atoms with van der Waals surface area (Å²) in [5.41, 5.74) is 2.70. The van der Waals surface area contributed by atoms with Crippen LogP contribution >= 0.6 is 24.0 Å². The Kier molecular flexibility index (Phi) is 9.66. The molecule has 1 aromatic heterocycles. The lowest BCUT2D eigenvalue weighted by Crippen LogP contribution is -2.41. The Bertz CT molecular complexity index is 749.